The predicted octanol–water partition coefficient (Wildman–Crippen LogP) is 2.46. The van der Waals surface area contributed by atoms with E-state index < -0.39 is 0 Å². The van der Waals surface area contributed by atoms with Crippen LogP contribution in [0.15, 0.2) is 42.6 Å². The molecule has 0 aliphatic rings. The van der Waals surface area contributed by atoms with Crippen molar-refractivity contribution in [3.8, 4) is 0 Å². The minimum Gasteiger partial charge on any atom is -0.378 e. The van der Waals surface area contributed by atoms with Gasteiger partial charge in [0.15, 0.2) is 0 Å². The van der Waals surface area contributed by atoms with E-state index in [0.717, 1.165) is 18.5 Å². The molecule has 0 fully saturated rings. The second-order valence-electron chi connectivity index (χ2n) is 5.42. The van der Waals surface area contributed by atoms with Gasteiger partial charge in [-0.05, 0) is 35.7 Å². The number of rotatable bonds is 6. The van der Waals surface area contributed by atoms with Crippen LogP contribution in [0.3, 0.4) is 0 Å². The molecule has 21 heavy (non-hydrogen) atoms. The van der Waals surface area contributed by atoms with Crippen molar-refractivity contribution in [2.24, 2.45) is 5.84 Å². The van der Waals surface area contributed by atoms with E-state index in [1.54, 1.807) is 0 Å². The van der Waals surface area contributed by atoms with Crippen LogP contribution < -0.4 is 16.2 Å². The Morgan fingerprint density at radius 3 is 2.62 bits per heavy atom. The maximum atomic E-state index is 5.74. The molecule has 0 aliphatic heterocycles. The molecule has 0 aliphatic carbocycles. The molecule has 1 unspecified atom stereocenters. The number of hydrogen-bond acceptors (Lipinski definition) is 4. The van der Waals surface area contributed by atoms with Gasteiger partial charge in [-0.3, -0.25) is 16.3 Å². The van der Waals surface area contributed by atoms with Gasteiger partial charge in [0, 0.05) is 38.1 Å². The molecule has 3 N–H and O–H groups in total. The zero-order valence-corrected chi connectivity index (χ0v) is 13.0. The van der Waals surface area contributed by atoms with Crippen LogP contribution in [0.1, 0.15) is 29.8 Å². The molecule has 0 spiro atoms. The second-order valence-corrected chi connectivity index (χ2v) is 5.42. The Morgan fingerprint density at radius 2 is 2.05 bits per heavy atom. The lowest BCUT2D eigenvalue weighted by Crippen LogP contribution is -2.30. The predicted molar refractivity (Wildman–Crippen MR) is 88.2 cm³/mol. The number of aromatic nitrogens is 1. The smallest absolute Gasteiger partial charge is 0.0516 e. The molecule has 112 valence electrons. The third kappa shape index (κ3) is 4.03. The van der Waals surface area contributed by atoms with Crippen LogP contribution >= 0.6 is 0 Å². The van der Waals surface area contributed by atoms with E-state index in [0.29, 0.717) is 0 Å². The maximum absolute atomic E-state index is 5.74. The normalized spacial score (nSPS) is 12.2. The molecule has 2 aromatic rings. The minimum atomic E-state index is 0.0601. The van der Waals surface area contributed by atoms with Gasteiger partial charge >= 0.3 is 0 Å². The Bertz CT molecular complexity index is 563. The molecule has 1 aromatic heterocycles. The van der Waals surface area contributed by atoms with Crippen molar-refractivity contribution in [1.82, 2.24) is 10.4 Å². The van der Waals surface area contributed by atoms with Crippen molar-refractivity contribution in [3.05, 3.63) is 59.4 Å². The van der Waals surface area contributed by atoms with E-state index in [9.17, 15) is 0 Å². The van der Waals surface area contributed by atoms with Crippen LogP contribution in [0.5, 0.6) is 0 Å². The highest BCUT2D eigenvalue weighted by Crippen LogP contribution is 2.21. The SMILES string of the molecule is CCc1ccc(CC(NN)c2cccc(N(C)C)c2)nc1. The summed E-state index contributed by atoms with van der Waals surface area (Å²) >= 11 is 0. The molecule has 0 amide bonds. The number of benzene rings is 1. The van der Waals surface area contributed by atoms with Crippen molar-refractivity contribution < 1.29 is 0 Å². The van der Waals surface area contributed by atoms with Crippen LogP contribution in [0.2, 0.25) is 0 Å². The van der Waals surface area contributed by atoms with Gasteiger partial charge in [0.1, 0.15) is 0 Å². The van der Waals surface area contributed by atoms with E-state index in [1.165, 1.54) is 16.8 Å². The Hall–Kier alpha value is -1.91. The zero-order valence-electron chi connectivity index (χ0n) is 13.0. The third-order valence-electron chi connectivity index (χ3n) is 3.70. The summed E-state index contributed by atoms with van der Waals surface area (Å²) in [6, 6.07) is 12.7. The van der Waals surface area contributed by atoms with Gasteiger partial charge < -0.3 is 4.90 Å². The highest BCUT2D eigenvalue weighted by atomic mass is 15.2. The van der Waals surface area contributed by atoms with E-state index in [1.807, 2.05) is 20.3 Å². The Balaban J connectivity index is 2.17. The van der Waals surface area contributed by atoms with Gasteiger partial charge in [-0.25, -0.2) is 0 Å². The first-order valence-corrected chi connectivity index (χ1v) is 7.31. The molecule has 2 rings (SSSR count). The molecule has 0 saturated carbocycles. The highest BCUT2D eigenvalue weighted by molar-refractivity contribution is 5.48. The van der Waals surface area contributed by atoms with Crippen LogP contribution in [-0.2, 0) is 12.8 Å². The van der Waals surface area contributed by atoms with Crippen molar-refractivity contribution in [1.29, 1.82) is 0 Å². The zero-order chi connectivity index (χ0) is 15.2. The minimum absolute atomic E-state index is 0.0601. The molecular weight excluding hydrogens is 260 g/mol. The fourth-order valence-electron chi connectivity index (χ4n) is 2.29. The number of nitrogens with two attached hydrogens (primary N) is 1. The van der Waals surface area contributed by atoms with Gasteiger partial charge in [0.05, 0.1) is 6.04 Å². The fraction of sp³-hybridized carbons (Fsp3) is 0.353. The maximum Gasteiger partial charge on any atom is 0.0516 e. The standard InChI is InChI=1S/C17H24N4/c1-4-13-8-9-15(19-12-13)11-17(20-18)14-6-5-7-16(10-14)21(2)3/h5-10,12,17,20H,4,11,18H2,1-3H3. The molecule has 4 nitrogen and oxygen atoms in total. The molecule has 1 aromatic carbocycles. The summed E-state index contributed by atoms with van der Waals surface area (Å²) in [5.74, 6) is 5.74. The van der Waals surface area contributed by atoms with Gasteiger partial charge in [0.2, 0.25) is 0 Å². The lowest BCUT2D eigenvalue weighted by molar-refractivity contribution is 0.546. The first-order chi connectivity index (χ1) is 10.1. The van der Waals surface area contributed by atoms with Crippen molar-refractivity contribution in [2.45, 2.75) is 25.8 Å². The van der Waals surface area contributed by atoms with Gasteiger partial charge in [0.25, 0.3) is 0 Å². The van der Waals surface area contributed by atoms with E-state index in [4.69, 9.17) is 5.84 Å². The van der Waals surface area contributed by atoms with Crippen molar-refractivity contribution in [2.75, 3.05) is 19.0 Å². The number of aryl methyl sites for hydroxylation is 1. The summed E-state index contributed by atoms with van der Waals surface area (Å²) in [6.45, 7) is 2.13. The largest absolute Gasteiger partial charge is 0.378 e. The van der Waals surface area contributed by atoms with Crippen LogP contribution in [-0.4, -0.2) is 19.1 Å². The molecule has 0 saturated heterocycles. The number of nitrogens with zero attached hydrogens (tertiary/aromatic N) is 2. The van der Waals surface area contributed by atoms with Gasteiger partial charge in [-0.15, -0.1) is 0 Å². The van der Waals surface area contributed by atoms with Gasteiger partial charge in [-0.2, -0.15) is 0 Å². The number of nitrogens with one attached hydrogen (secondary N) is 1. The summed E-state index contributed by atoms with van der Waals surface area (Å²) in [5.41, 5.74) is 7.54. The lowest BCUT2D eigenvalue weighted by atomic mass is 10.0. The van der Waals surface area contributed by atoms with Crippen molar-refractivity contribution >= 4 is 5.69 Å². The average molecular weight is 284 g/mol. The molecule has 0 radical (unpaired) electrons. The topological polar surface area (TPSA) is 54.2 Å². The summed E-state index contributed by atoms with van der Waals surface area (Å²) in [7, 11) is 4.07. The van der Waals surface area contributed by atoms with E-state index in [2.05, 4.69) is 58.6 Å². The fourth-order valence-corrected chi connectivity index (χ4v) is 2.29. The van der Waals surface area contributed by atoms with Crippen LogP contribution in [0.25, 0.3) is 0 Å². The number of anilines is 1. The Kier molecular flexibility index (Phi) is 5.31. The Morgan fingerprint density at radius 1 is 1.24 bits per heavy atom. The number of pyridine rings is 1. The third-order valence-corrected chi connectivity index (χ3v) is 3.70. The second kappa shape index (κ2) is 7.20. The summed E-state index contributed by atoms with van der Waals surface area (Å²) in [5, 5.41) is 0. The van der Waals surface area contributed by atoms with E-state index in [-0.39, 0.29) is 6.04 Å². The van der Waals surface area contributed by atoms with Gasteiger partial charge in [-0.1, -0.05) is 25.1 Å². The quantitative estimate of drug-likeness (QED) is 0.632. The lowest BCUT2D eigenvalue weighted by Gasteiger charge is -2.19. The number of hydrazine groups is 1. The molecule has 4 heteroatoms. The Labute approximate surface area is 127 Å². The first-order valence-electron chi connectivity index (χ1n) is 7.31. The molecular formula is C17H24N4. The highest BCUT2D eigenvalue weighted by Gasteiger charge is 2.12. The van der Waals surface area contributed by atoms with Crippen LogP contribution in [0.4, 0.5) is 5.69 Å². The molecule has 1 atom stereocenters. The van der Waals surface area contributed by atoms with Crippen LogP contribution in [0, 0.1) is 0 Å². The molecule has 1 heterocycles. The monoisotopic (exact) mass is 284 g/mol. The van der Waals surface area contributed by atoms with Crippen molar-refractivity contribution in [3.63, 3.8) is 0 Å². The average Bonchev–Trinajstić information content (AvgIpc) is 2.53. The molecule has 0 bridgehead atoms. The summed E-state index contributed by atoms with van der Waals surface area (Å²) in [6.07, 6.45) is 3.73. The summed E-state index contributed by atoms with van der Waals surface area (Å²) < 4.78 is 0. The van der Waals surface area contributed by atoms with E-state index >= 15 is 0 Å². The first kappa shape index (κ1) is 15.5. The number of hydrogen-bond donors (Lipinski definition) is 2. The summed E-state index contributed by atoms with van der Waals surface area (Å²) in [4.78, 5) is 6.60.